The molecule has 1 heterocycles. The van der Waals surface area contributed by atoms with Gasteiger partial charge in [0.25, 0.3) is 0 Å². The quantitative estimate of drug-likeness (QED) is 0.857. The van der Waals surface area contributed by atoms with E-state index >= 15 is 0 Å². The Morgan fingerprint density at radius 2 is 2.12 bits per heavy atom. The lowest BCUT2D eigenvalue weighted by Gasteiger charge is -2.06. The van der Waals surface area contributed by atoms with Crippen molar-refractivity contribution < 1.29 is 0 Å². The molecule has 2 aromatic rings. The van der Waals surface area contributed by atoms with Crippen molar-refractivity contribution >= 4 is 23.1 Å². The van der Waals surface area contributed by atoms with Gasteiger partial charge in [0.1, 0.15) is 5.82 Å². The van der Waals surface area contributed by atoms with Crippen LogP contribution in [0.3, 0.4) is 0 Å². The summed E-state index contributed by atoms with van der Waals surface area (Å²) in [5, 5.41) is 3.98. The first-order chi connectivity index (χ1) is 7.74. The second-order valence-electron chi connectivity index (χ2n) is 3.45. The molecule has 0 saturated heterocycles. The third kappa shape index (κ3) is 2.87. The lowest BCUT2D eigenvalue weighted by atomic mass is 10.2. The minimum atomic E-state index is 0.533. The van der Waals surface area contributed by atoms with Gasteiger partial charge in [-0.25, -0.2) is 4.98 Å². The summed E-state index contributed by atoms with van der Waals surface area (Å²) in [6.07, 6.45) is 1.70. The van der Waals surface area contributed by atoms with Gasteiger partial charge in [0.15, 0.2) is 0 Å². The van der Waals surface area contributed by atoms with Gasteiger partial charge in [-0.1, -0.05) is 17.7 Å². The molecule has 1 aromatic heterocycles. The first kappa shape index (κ1) is 10.8. The summed E-state index contributed by atoms with van der Waals surface area (Å²) in [5.41, 5.74) is 7.67. The Kier molecular flexibility index (Phi) is 3.27. The van der Waals surface area contributed by atoms with Crippen LogP contribution in [0.1, 0.15) is 5.56 Å². The summed E-state index contributed by atoms with van der Waals surface area (Å²) in [6, 6.07) is 11.4. The minimum Gasteiger partial charge on any atom is -0.384 e. The molecule has 0 aliphatic heterocycles. The zero-order chi connectivity index (χ0) is 11.4. The van der Waals surface area contributed by atoms with Gasteiger partial charge >= 0.3 is 0 Å². The van der Waals surface area contributed by atoms with Gasteiger partial charge in [-0.15, -0.1) is 0 Å². The topological polar surface area (TPSA) is 50.9 Å². The van der Waals surface area contributed by atoms with Crippen LogP contribution < -0.4 is 11.1 Å². The summed E-state index contributed by atoms with van der Waals surface area (Å²) in [5.74, 6) is 0.533. The molecule has 0 fully saturated rings. The maximum Gasteiger partial charge on any atom is 0.123 e. The number of hydrogen-bond donors (Lipinski definition) is 2. The fraction of sp³-hybridized carbons (Fsp3) is 0.0833. The first-order valence-corrected chi connectivity index (χ1v) is 5.32. The highest BCUT2D eigenvalue weighted by Crippen LogP contribution is 2.15. The molecule has 2 rings (SSSR count). The van der Waals surface area contributed by atoms with Gasteiger partial charge in [0.05, 0.1) is 0 Å². The number of nitrogens with one attached hydrogen (secondary N) is 1. The number of nitrogens with two attached hydrogens (primary N) is 1. The average molecular weight is 234 g/mol. The molecule has 82 valence electrons. The van der Waals surface area contributed by atoms with E-state index in [1.165, 1.54) is 0 Å². The summed E-state index contributed by atoms with van der Waals surface area (Å²) in [4.78, 5) is 3.94. The zero-order valence-electron chi connectivity index (χ0n) is 8.65. The van der Waals surface area contributed by atoms with E-state index in [0.717, 1.165) is 16.3 Å². The first-order valence-electron chi connectivity index (χ1n) is 4.94. The molecule has 0 aliphatic carbocycles. The third-order valence-corrected chi connectivity index (χ3v) is 2.40. The Labute approximate surface area is 99.3 Å². The van der Waals surface area contributed by atoms with E-state index in [-0.39, 0.29) is 0 Å². The number of rotatable bonds is 3. The standard InChI is InChI=1S/C12H12ClN3/c13-10-2-1-3-11(7-10)16-8-9-4-5-15-12(14)6-9/h1-7,16H,8H2,(H2,14,15). The molecule has 3 N–H and O–H groups in total. The number of halogens is 1. The summed E-state index contributed by atoms with van der Waals surface area (Å²) in [7, 11) is 0. The number of benzene rings is 1. The number of pyridine rings is 1. The second kappa shape index (κ2) is 4.86. The summed E-state index contributed by atoms with van der Waals surface area (Å²) in [6.45, 7) is 0.701. The summed E-state index contributed by atoms with van der Waals surface area (Å²) >= 11 is 5.88. The monoisotopic (exact) mass is 233 g/mol. The fourth-order valence-corrected chi connectivity index (χ4v) is 1.60. The highest BCUT2D eigenvalue weighted by molar-refractivity contribution is 6.30. The normalized spacial score (nSPS) is 10.1. The second-order valence-corrected chi connectivity index (χ2v) is 3.89. The van der Waals surface area contributed by atoms with Crippen molar-refractivity contribution in [2.24, 2.45) is 0 Å². The van der Waals surface area contributed by atoms with Crippen molar-refractivity contribution in [3.63, 3.8) is 0 Å². The smallest absolute Gasteiger partial charge is 0.123 e. The lowest BCUT2D eigenvalue weighted by molar-refractivity contribution is 1.13. The van der Waals surface area contributed by atoms with Crippen LogP contribution in [0.5, 0.6) is 0 Å². The van der Waals surface area contributed by atoms with E-state index in [2.05, 4.69) is 10.3 Å². The van der Waals surface area contributed by atoms with Gasteiger partial charge in [0, 0.05) is 23.5 Å². The van der Waals surface area contributed by atoms with Crippen molar-refractivity contribution in [3.8, 4) is 0 Å². The average Bonchev–Trinajstić information content (AvgIpc) is 2.27. The molecule has 16 heavy (non-hydrogen) atoms. The van der Waals surface area contributed by atoms with Gasteiger partial charge in [0.2, 0.25) is 0 Å². The van der Waals surface area contributed by atoms with Crippen LogP contribution >= 0.6 is 11.6 Å². The fourth-order valence-electron chi connectivity index (χ4n) is 1.41. The lowest BCUT2D eigenvalue weighted by Crippen LogP contribution is -2.00. The van der Waals surface area contributed by atoms with E-state index in [1.54, 1.807) is 6.20 Å². The van der Waals surface area contributed by atoms with Crippen molar-refractivity contribution in [2.75, 3.05) is 11.1 Å². The molecule has 0 aliphatic rings. The van der Waals surface area contributed by atoms with Crippen LogP contribution in [0.2, 0.25) is 5.02 Å². The molecular weight excluding hydrogens is 222 g/mol. The Hall–Kier alpha value is -1.74. The molecule has 0 unspecified atom stereocenters. The molecule has 0 bridgehead atoms. The number of aromatic nitrogens is 1. The maximum absolute atomic E-state index is 5.88. The highest BCUT2D eigenvalue weighted by atomic mass is 35.5. The number of anilines is 2. The molecule has 0 spiro atoms. The van der Waals surface area contributed by atoms with Crippen LogP contribution in [0.15, 0.2) is 42.6 Å². The van der Waals surface area contributed by atoms with E-state index in [9.17, 15) is 0 Å². The predicted molar refractivity (Wildman–Crippen MR) is 67.4 cm³/mol. The predicted octanol–water partition coefficient (Wildman–Crippen LogP) is 2.93. The molecular formula is C12H12ClN3. The van der Waals surface area contributed by atoms with Crippen LogP contribution in [0.4, 0.5) is 11.5 Å². The Balaban J connectivity index is 2.02. The van der Waals surface area contributed by atoms with Gasteiger partial charge in [-0.2, -0.15) is 0 Å². The molecule has 1 aromatic carbocycles. The highest BCUT2D eigenvalue weighted by Gasteiger charge is 1.96. The molecule has 0 amide bonds. The van der Waals surface area contributed by atoms with Crippen LogP contribution in [-0.2, 0) is 6.54 Å². The number of hydrogen-bond acceptors (Lipinski definition) is 3. The van der Waals surface area contributed by atoms with Gasteiger partial charge < -0.3 is 11.1 Å². The van der Waals surface area contributed by atoms with E-state index < -0.39 is 0 Å². The maximum atomic E-state index is 5.88. The van der Waals surface area contributed by atoms with E-state index in [4.69, 9.17) is 17.3 Å². The number of nitrogen functional groups attached to an aromatic ring is 1. The Morgan fingerprint density at radius 1 is 1.25 bits per heavy atom. The molecule has 0 saturated carbocycles. The largest absolute Gasteiger partial charge is 0.384 e. The van der Waals surface area contributed by atoms with Crippen LogP contribution in [-0.4, -0.2) is 4.98 Å². The zero-order valence-corrected chi connectivity index (χ0v) is 9.41. The molecule has 0 atom stereocenters. The number of nitrogens with zero attached hydrogens (tertiary/aromatic N) is 1. The SMILES string of the molecule is Nc1cc(CNc2cccc(Cl)c2)ccn1. The van der Waals surface area contributed by atoms with Crippen molar-refractivity contribution in [3.05, 3.63) is 53.2 Å². The minimum absolute atomic E-state index is 0.533. The van der Waals surface area contributed by atoms with Crippen molar-refractivity contribution in [1.29, 1.82) is 0 Å². The van der Waals surface area contributed by atoms with E-state index in [0.29, 0.717) is 12.4 Å². The molecule has 4 heteroatoms. The van der Waals surface area contributed by atoms with Gasteiger partial charge in [-0.05, 0) is 35.9 Å². The van der Waals surface area contributed by atoms with Crippen molar-refractivity contribution in [1.82, 2.24) is 4.98 Å². The Bertz CT molecular complexity index is 440. The molecule has 0 radical (unpaired) electrons. The molecule has 3 nitrogen and oxygen atoms in total. The third-order valence-electron chi connectivity index (χ3n) is 2.17. The summed E-state index contributed by atoms with van der Waals surface area (Å²) < 4.78 is 0. The Morgan fingerprint density at radius 3 is 2.88 bits per heavy atom. The van der Waals surface area contributed by atoms with E-state index in [1.807, 2.05) is 36.4 Å². The van der Waals surface area contributed by atoms with Crippen LogP contribution in [0.25, 0.3) is 0 Å². The van der Waals surface area contributed by atoms with Gasteiger partial charge in [-0.3, -0.25) is 0 Å². The van der Waals surface area contributed by atoms with Crippen LogP contribution in [0, 0.1) is 0 Å². The van der Waals surface area contributed by atoms with Crippen molar-refractivity contribution in [2.45, 2.75) is 6.54 Å².